The number of aromatic nitrogens is 5. The van der Waals surface area contributed by atoms with E-state index in [0.717, 1.165) is 16.8 Å². The molecule has 4 aromatic rings. The van der Waals surface area contributed by atoms with Crippen molar-refractivity contribution in [1.29, 1.82) is 0 Å². The molecule has 29 heavy (non-hydrogen) atoms. The second-order valence-corrected chi connectivity index (χ2v) is 6.88. The summed E-state index contributed by atoms with van der Waals surface area (Å²) in [6.45, 7) is 4.44. The van der Waals surface area contributed by atoms with Crippen LogP contribution in [0.3, 0.4) is 0 Å². The second-order valence-electron chi connectivity index (χ2n) is 6.88. The lowest BCUT2D eigenvalue weighted by molar-refractivity contribution is 0.391. The average Bonchev–Trinajstić information content (AvgIpc) is 3.34. The molecule has 9 heteroatoms. The lowest BCUT2D eigenvalue weighted by atomic mass is 10.1. The van der Waals surface area contributed by atoms with Crippen molar-refractivity contribution in [2.24, 2.45) is 0 Å². The van der Waals surface area contributed by atoms with Crippen LogP contribution in [0.1, 0.15) is 22.6 Å². The molecule has 8 nitrogen and oxygen atoms in total. The smallest absolute Gasteiger partial charge is 0.335 e. The Morgan fingerprint density at radius 2 is 2.07 bits per heavy atom. The maximum absolute atomic E-state index is 13.3. The SMILES string of the molecule is Cc1noc(C)c1Cn1cc(-n2c(O)cn(CCc3cccc(F)c3)c2=O)cn1. The van der Waals surface area contributed by atoms with Gasteiger partial charge < -0.3 is 9.63 Å². The van der Waals surface area contributed by atoms with Crippen LogP contribution in [-0.4, -0.2) is 29.2 Å². The molecule has 0 aliphatic heterocycles. The number of hydrogen-bond donors (Lipinski definition) is 1. The topological polar surface area (TPSA) is 91.0 Å². The maximum Gasteiger partial charge on any atom is 0.335 e. The number of hydrogen-bond acceptors (Lipinski definition) is 5. The highest BCUT2D eigenvalue weighted by atomic mass is 19.1. The number of aromatic hydroxyl groups is 1. The first-order valence-corrected chi connectivity index (χ1v) is 9.12. The van der Waals surface area contributed by atoms with Gasteiger partial charge in [0.15, 0.2) is 0 Å². The van der Waals surface area contributed by atoms with Gasteiger partial charge in [-0.05, 0) is 38.0 Å². The normalized spacial score (nSPS) is 11.3. The number of rotatable bonds is 6. The van der Waals surface area contributed by atoms with Crippen LogP contribution in [0.2, 0.25) is 0 Å². The van der Waals surface area contributed by atoms with Crippen LogP contribution in [0.25, 0.3) is 5.69 Å². The molecular weight excluding hydrogens is 377 g/mol. The minimum Gasteiger partial charge on any atom is -0.493 e. The molecule has 0 aliphatic carbocycles. The summed E-state index contributed by atoms with van der Waals surface area (Å²) in [4.78, 5) is 12.7. The van der Waals surface area contributed by atoms with E-state index in [1.165, 1.54) is 33.7 Å². The summed E-state index contributed by atoms with van der Waals surface area (Å²) in [7, 11) is 0. The first kappa shape index (κ1) is 18.7. The Kier molecular flexibility index (Phi) is 4.79. The van der Waals surface area contributed by atoms with Gasteiger partial charge in [0.25, 0.3) is 0 Å². The van der Waals surface area contributed by atoms with E-state index >= 15 is 0 Å². The van der Waals surface area contributed by atoms with Crippen molar-refractivity contribution in [3.63, 3.8) is 0 Å². The summed E-state index contributed by atoms with van der Waals surface area (Å²) in [5.41, 5.74) is 2.53. The zero-order chi connectivity index (χ0) is 20.5. The van der Waals surface area contributed by atoms with Gasteiger partial charge in [0.05, 0.1) is 30.3 Å². The van der Waals surface area contributed by atoms with Crippen LogP contribution in [0, 0.1) is 19.7 Å². The first-order valence-electron chi connectivity index (χ1n) is 9.12. The van der Waals surface area contributed by atoms with Gasteiger partial charge >= 0.3 is 5.69 Å². The Morgan fingerprint density at radius 1 is 1.24 bits per heavy atom. The van der Waals surface area contributed by atoms with Crippen molar-refractivity contribution in [2.45, 2.75) is 33.4 Å². The Bertz CT molecular complexity index is 1200. The van der Waals surface area contributed by atoms with Crippen LogP contribution in [0.4, 0.5) is 4.39 Å². The molecule has 1 N–H and O–H groups in total. The molecule has 0 fully saturated rings. The lowest BCUT2D eigenvalue weighted by Crippen LogP contribution is -2.23. The van der Waals surface area contributed by atoms with Crippen molar-refractivity contribution in [1.82, 2.24) is 24.1 Å². The quantitative estimate of drug-likeness (QED) is 0.540. The van der Waals surface area contributed by atoms with E-state index in [1.54, 1.807) is 23.0 Å². The highest BCUT2D eigenvalue weighted by molar-refractivity contribution is 5.31. The van der Waals surface area contributed by atoms with E-state index in [9.17, 15) is 14.3 Å². The third-order valence-corrected chi connectivity index (χ3v) is 4.85. The summed E-state index contributed by atoms with van der Waals surface area (Å²) < 4.78 is 22.7. The molecule has 0 aliphatic rings. The molecule has 0 atom stereocenters. The summed E-state index contributed by atoms with van der Waals surface area (Å²) in [5.74, 6) is 0.204. The monoisotopic (exact) mass is 397 g/mol. The largest absolute Gasteiger partial charge is 0.493 e. The molecule has 0 saturated carbocycles. The molecule has 0 amide bonds. The molecule has 150 valence electrons. The number of benzene rings is 1. The van der Waals surface area contributed by atoms with Crippen LogP contribution in [-0.2, 0) is 19.5 Å². The molecule has 0 spiro atoms. The standard InChI is InChI=1S/C20H20FN5O3/c1-13-18(14(2)29-23-13)11-25-10-17(9-22-25)26-19(27)12-24(20(26)28)7-6-15-4-3-5-16(21)8-15/h3-5,8-10,12,27H,6-7,11H2,1-2H3. The molecular formula is C20H20FN5O3. The molecule has 0 saturated heterocycles. The fourth-order valence-corrected chi connectivity index (χ4v) is 3.27. The third kappa shape index (κ3) is 3.71. The van der Waals surface area contributed by atoms with Crippen LogP contribution in [0.5, 0.6) is 5.88 Å². The molecule has 1 aromatic carbocycles. The number of imidazole rings is 1. The van der Waals surface area contributed by atoms with Gasteiger partial charge in [-0.25, -0.2) is 13.8 Å². The van der Waals surface area contributed by atoms with Crippen molar-refractivity contribution in [3.05, 3.63) is 81.7 Å². The fourth-order valence-electron chi connectivity index (χ4n) is 3.27. The van der Waals surface area contributed by atoms with Crippen molar-refractivity contribution in [3.8, 4) is 11.6 Å². The van der Waals surface area contributed by atoms with E-state index in [-0.39, 0.29) is 11.7 Å². The summed E-state index contributed by atoms with van der Waals surface area (Å²) in [6.07, 6.45) is 5.01. The van der Waals surface area contributed by atoms with Gasteiger partial charge in [0, 0.05) is 18.3 Å². The van der Waals surface area contributed by atoms with Crippen LogP contribution < -0.4 is 5.69 Å². The number of nitrogens with zero attached hydrogens (tertiary/aromatic N) is 5. The Balaban J connectivity index is 1.55. The van der Waals surface area contributed by atoms with Crippen LogP contribution in [0.15, 0.2) is 52.2 Å². The van der Waals surface area contributed by atoms with E-state index in [0.29, 0.717) is 31.0 Å². The summed E-state index contributed by atoms with van der Waals surface area (Å²) in [6, 6.07) is 6.23. The highest BCUT2D eigenvalue weighted by Gasteiger charge is 2.15. The zero-order valence-electron chi connectivity index (χ0n) is 16.0. The van der Waals surface area contributed by atoms with E-state index in [2.05, 4.69) is 10.3 Å². The molecule has 0 bridgehead atoms. The van der Waals surface area contributed by atoms with E-state index < -0.39 is 5.69 Å². The fraction of sp³-hybridized carbons (Fsp3) is 0.250. The third-order valence-electron chi connectivity index (χ3n) is 4.85. The van der Waals surface area contributed by atoms with Gasteiger partial charge in [0.2, 0.25) is 5.88 Å². The van der Waals surface area contributed by atoms with Gasteiger partial charge in [0.1, 0.15) is 11.6 Å². The molecule has 3 aromatic heterocycles. The predicted octanol–water partition coefficient (Wildman–Crippen LogP) is 2.58. The minimum atomic E-state index is -0.393. The minimum absolute atomic E-state index is 0.189. The van der Waals surface area contributed by atoms with Crippen molar-refractivity contribution >= 4 is 0 Å². The highest BCUT2D eigenvalue weighted by Crippen LogP contribution is 2.17. The van der Waals surface area contributed by atoms with Gasteiger partial charge in [-0.3, -0.25) is 9.25 Å². The van der Waals surface area contributed by atoms with Gasteiger partial charge in [-0.15, -0.1) is 0 Å². The summed E-state index contributed by atoms with van der Waals surface area (Å²) in [5, 5.41) is 18.5. The Labute approximate surface area is 165 Å². The van der Waals surface area contributed by atoms with Gasteiger partial charge in [-0.1, -0.05) is 17.3 Å². The maximum atomic E-state index is 13.3. The Hall–Kier alpha value is -3.62. The van der Waals surface area contributed by atoms with Crippen molar-refractivity contribution < 1.29 is 14.0 Å². The zero-order valence-corrected chi connectivity index (χ0v) is 16.0. The lowest BCUT2D eigenvalue weighted by Gasteiger charge is -2.02. The molecule has 0 unspecified atom stereocenters. The van der Waals surface area contributed by atoms with Crippen molar-refractivity contribution in [2.75, 3.05) is 0 Å². The van der Waals surface area contributed by atoms with Gasteiger partial charge in [-0.2, -0.15) is 5.10 Å². The van der Waals surface area contributed by atoms with E-state index in [4.69, 9.17) is 4.52 Å². The average molecular weight is 397 g/mol. The first-order chi connectivity index (χ1) is 13.9. The second kappa shape index (κ2) is 7.42. The number of halogens is 1. The molecule has 0 radical (unpaired) electrons. The van der Waals surface area contributed by atoms with Crippen LogP contribution >= 0.6 is 0 Å². The molecule has 4 rings (SSSR count). The van der Waals surface area contributed by atoms with E-state index in [1.807, 2.05) is 13.8 Å². The Morgan fingerprint density at radius 3 is 2.79 bits per heavy atom. The predicted molar refractivity (Wildman–Crippen MR) is 103 cm³/mol. The molecule has 3 heterocycles. The summed E-state index contributed by atoms with van der Waals surface area (Å²) >= 11 is 0. The number of aryl methyl sites for hydroxylation is 4.